The second kappa shape index (κ2) is 5.82. The van der Waals surface area contributed by atoms with Gasteiger partial charge in [0.1, 0.15) is 11.6 Å². The lowest BCUT2D eigenvalue weighted by atomic mass is 10.1. The first-order chi connectivity index (χ1) is 8.33. The Morgan fingerprint density at radius 3 is 3.12 bits per heavy atom. The van der Waals surface area contributed by atoms with Crippen molar-refractivity contribution in [2.24, 2.45) is 5.92 Å². The molecule has 1 unspecified atom stereocenters. The number of aliphatic hydroxyl groups is 1. The summed E-state index contributed by atoms with van der Waals surface area (Å²) in [5, 5.41) is 12.4. The highest BCUT2D eigenvalue weighted by Gasteiger charge is 2.22. The average Bonchev–Trinajstić information content (AvgIpc) is 2.85. The first kappa shape index (κ1) is 12.1. The van der Waals surface area contributed by atoms with Crippen molar-refractivity contribution in [3.63, 3.8) is 0 Å². The van der Waals surface area contributed by atoms with Crippen LogP contribution in [-0.2, 0) is 0 Å². The van der Waals surface area contributed by atoms with Gasteiger partial charge >= 0.3 is 0 Å². The van der Waals surface area contributed by atoms with E-state index in [2.05, 4.69) is 27.1 Å². The molecule has 0 bridgehead atoms. The van der Waals surface area contributed by atoms with Crippen molar-refractivity contribution in [1.82, 2.24) is 9.97 Å². The molecule has 0 saturated carbocycles. The van der Waals surface area contributed by atoms with Crippen LogP contribution in [0.5, 0.6) is 0 Å². The number of hydrogen-bond acceptors (Lipinski definition) is 5. The topological polar surface area (TPSA) is 61.3 Å². The number of nitrogens with one attached hydrogen (secondary N) is 1. The lowest BCUT2D eigenvalue weighted by Crippen LogP contribution is -2.22. The van der Waals surface area contributed by atoms with Gasteiger partial charge < -0.3 is 15.3 Å². The molecule has 1 aromatic rings. The Labute approximate surface area is 102 Å². The van der Waals surface area contributed by atoms with E-state index >= 15 is 0 Å². The first-order valence-corrected chi connectivity index (χ1v) is 6.25. The van der Waals surface area contributed by atoms with E-state index in [1.165, 1.54) is 0 Å². The highest BCUT2D eigenvalue weighted by molar-refractivity contribution is 5.44. The molecule has 1 aliphatic heterocycles. The van der Waals surface area contributed by atoms with E-state index in [1.54, 1.807) is 12.4 Å². The smallest absolute Gasteiger partial charge is 0.149 e. The molecule has 2 rings (SSSR count). The maximum absolute atomic E-state index is 9.13. The third-order valence-corrected chi connectivity index (χ3v) is 3.05. The normalized spacial score (nSPS) is 19.6. The second-order valence-corrected chi connectivity index (χ2v) is 4.47. The molecule has 1 aromatic heterocycles. The average molecular weight is 236 g/mol. The van der Waals surface area contributed by atoms with Gasteiger partial charge in [-0.05, 0) is 12.8 Å². The third-order valence-electron chi connectivity index (χ3n) is 3.05. The summed E-state index contributed by atoms with van der Waals surface area (Å²) in [7, 11) is 0. The van der Waals surface area contributed by atoms with E-state index in [0.717, 1.165) is 44.1 Å². The van der Waals surface area contributed by atoms with Gasteiger partial charge in [0, 0.05) is 32.2 Å². The summed E-state index contributed by atoms with van der Waals surface area (Å²) >= 11 is 0. The number of hydrogen-bond donors (Lipinski definition) is 2. The number of anilines is 2. The molecule has 2 N–H and O–H groups in total. The monoisotopic (exact) mass is 236 g/mol. The van der Waals surface area contributed by atoms with Crippen LogP contribution < -0.4 is 10.2 Å². The Bertz CT molecular complexity index is 358. The maximum Gasteiger partial charge on any atom is 0.149 e. The van der Waals surface area contributed by atoms with Gasteiger partial charge in [-0.25, -0.2) is 4.98 Å². The van der Waals surface area contributed by atoms with E-state index in [-0.39, 0.29) is 6.61 Å². The Kier molecular flexibility index (Phi) is 4.14. The molecule has 0 aromatic carbocycles. The van der Waals surface area contributed by atoms with Crippen LogP contribution in [0.1, 0.15) is 19.8 Å². The van der Waals surface area contributed by atoms with Crippen LogP contribution >= 0.6 is 0 Å². The molecule has 1 aliphatic rings. The second-order valence-electron chi connectivity index (χ2n) is 4.47. The van der Waals surface area contributed by atoms with E-state index in [1.807, 2.05) is 0 Å². The summed E-state index contributed by atoms with van der Waals surface area (Å²) in [6.07, 6.45) is 5.64. The summed E-state index contributed by atoms with van der Waals surface area (Å²) < 4.78 is 0. The van der Waals surface area contributed by atoms with Crippen molar-refractivity contribution in [2.75, 3.05) is 36.5 Å². The van der Waals surface area contributed by atoms with Gasteiger partial charge in [0.05, 0.1) is 12.4 Å². The number of nitrogens with zero attached hydrogens (tertiary/aromatic N) is 3. The Hall–Kier alpha value is -1.36. The summed E-state index contributed by atoms with van der Waals surface area (Å²) in [5.74, 6) is 2.11. The zero-order valence-corrected chi connectivity index (χ0v) is 10.3. The molecule has 1 fully saturated rings. The molecule has 0 amide bonds. The van der Waals surface area contributed by atoms with Gasteiger partial charge in [-0.15, -0.1) is 0 Å². The highest BCUT2D eigenvalue weighted by Crippen LogP contribution is 2.21. The van der Waals surface area contributed by atoms with E-state index in [0.29, 0.717) is 5.92 Å². The Morgan fingerprint density at radius 2 is 2.41 bits per heavy atom. The summed E-state index contributed by atoms with van der Waals surface area (Å²) in [6, 6.07) is 0. The summed E-state index contributed by atoms with van der Waals surface area (Å²) in [6.45, 7) is 5.13. The maximum atomic E-state index is 9.13. The van der Waals surface area contributed by atoms with Crippen LogP contribution in [0.3, 0.4) is 0 Å². The molecule has 1 saturated heterocycles. The van der Waals surface area contributed by atoms with Crippen LogP contribution in [0.4, 0.5) is 11.6 Å². The first-order valence-electron chi connectivity index (χ1n) is 6.25. The van der Waals surface area contributed by atoms with Crippen LogP contribution in [0, 0.1) is 5.92 Å². The van der Waals surface area contributed by atoms with Crippen LogP contribution in [0.15, 0.2) is 12.4 Å². The fourth-order valence-corrected chi connectivity index (χ4v) is 2.04. The number of aromatic nitrogens is 2. The predicted molar refractivity (Wildman–Crippen MR) is 68.2 cm³/mol. The number of rotatable bonds is 5. The molecule has 0 radical (unpaired) electrons. The molecule has 1 atom stereocenters. The predicted octanol–water partition coefficient (Wildman–Crippen LogP) is 1.12. The van der Waals surface area contributed by atoms with Gasteiger partial charge in [0.15, 0.2) is 0 Å². The molecule has 0 spiro atoms. The van der Waals surface area contributed by atoms with Gasteiger partial charge in [-0.2, -0.15) is 0 Å². The van der Waals surface area contributed by atoms with E-state index < -0.39 is 0 Å². The van der Waals surface area contributed by atoms with Crippen molar-refractivity contribution >= 4 is 11.6 Å². The Morgan fingerprint density at radius 1 is 1.53 bits per heavy atom. The zero-order valence-electron chi connectivity index (χ0n) is 10.3. The molecule has 5 heteroatoms. The van der Waals surface area contributed by atoms with E-state index in [9.17, 15) is 0 Å². The number of aliphatic hydroxyl groups excluding tert-OH is 1. The van der Waals surface area contributed by atoms with Crippen molar-refractivity contribution in [2.45, 2.75) is 19.8 Å². The zero-order chi connectivity index (χ0) is 12.1. The largest absolute Gasteiger partial charge is 0.396 e. The van der Waals surface area contributed by atoms with Crippen molar-refractivity contribution in [3.05, 3.63) is 12.4 Å². The molecular formula is C12H20N4O. The molecule has 94 valence electrons. The van der Waals surface area contributed by atoms with Crippen molar-refractivity contribution in [1.29, 1.82) is 0 Å². The molecule has 17 heavy (non-hydrogen) atoms. The van der Waals surface area contributed by atoms with Gasteiger partial charge in [0.25, 0.3) is 0 Å². The van der Waals surface area contributed by atoms with Gasteiger partial charge in [0.2, 0.25) is 0 Å². The SMILES string of the molecule is CCCNc1cncc(N2CCC(CO)C2)n1. The lowest BCUT2D eigenvalue weighted by molar-refractivity contribution is 0.238. The lowest BCUT2D eigenvalue weighted by Gasteiger charge is -2.17. The molecule has 5 nitrogen and oxygen atoms in total. The minimum Gasteiger partial charge on any atom is -0.396 e. The Balaban J connectivity index is 2.01. The fraction of sp³-hybridized carbons (Fsp3) is 0.667. The van der Waals surface area contributed by atoms with Crippen LogP contribution in [-0.4, -0.2) is 41.3 Å². The minimum atomic E-state index is 0.262. The minimum absolute atomic E-state index is 0.262. The van der Waals surface area contributed by atoms with Crippen molar-refractivity contribution in [3.8, 4) is 0 Å². The molecule has 2 heterocycles. The van der Waals surface area contributed by atoms with Gasteiger partial charge in [-0.3, -0.25) is 4.98 Å². The molecular weight excluding hydrogens is 216 g/mol. The van der Waals surface area contributed by atoms with Crippen LogP contribution in [0.2, 0.25) is 0 Å². The highest BCUT2D eigenvalue weighted by atomic mass is 16.3. The quantitative estimate of drug-likeness (QED) is 0.802. The van der Waals surface area contributed by atoms with Gasteiger partial charge in [-0.1, -0.05) is 6.92 Å². The summed E-state index contributed by atoms with van der Waals surface area (Å²) in [5.41, 5.74) is 0. The van der Waals surface area contributed by atoms with E-state index in [4.69, 9.17) is 5.11 Å². The van der Waals surface area contributed by atoms with Crippen LogP contribution in [0.25, 0.3) is 0 Å². The standard InChI is InChI=1S/C12H20N4O/c1-2-4-14-11-6-13-7-12(15-11)16-5-3-10(8-16)9-17/h6-7,10,17H,2-5,8-9H2,1H3,(H,14,15). The third kappa shape index (κ3) is 3.06. The molecule has 0 aliphatic carbocycles. The van der Waals surface area contributed by atoms with Crippen molar-refractivity contribution < 1.29 is 5.11 Å². The summed E-state index contributed by atoms with van der Waals surface area (Å²) in [4.78, 5) is 10.9. The fourth-order valence-electron chi connectivity index (χ4n) is 2.04.